The number of nitrogens with one attached hydrogen (secondary N) is 1. The van der Waals surface area contributed by atoms with E-state index in [0.29, 0.717) is 26.2 Å². The molecule has 2 heterocycles. The van der Waals surface area contributed by atoms with Crippen LogP contribution in [0, 0.1) is 20.8 Å². The molecule has 2 aromatic carbocycles. The lowest BCUT2D eigenvalue weighted by atomic mass is 10.0. The van der Waals surface area contributed by atoms with Crippen LogP contribution in [0.15, 0.2) is 47.3 Å². The van der Waals surface area contributed by atoms with E-state index >= 15 is 0 Å². The Morgan fingerprint density at radius 3 is 2.56 bits per heavy atom. The second kappa shape index (κ2) is 11.6. The average molecular weight is 489 g/mol. The predicted molar refractivity (Wildman–Crippen MR) is 142 cm³/mol. The summed E-state index contributed by atoms with van der Waals surface area (Å²) in [5.74, 6) is 0.796. The number of aromatic amines is 1. The van der Waals surface area contributed by atoms with Crippen LogP contribution < -0.4 is 5.56 Å². The summed E-state index contributed by atoms with van der Waals surface area (Å²) in [6.07, 6.45) is 1.82. The van der Waals surface area contributed by atoms with Crippen molar-refractivity contribution in [2.45, 2.75) is 66.2 Å². The topological polar surface area (TPSA) is 88.9 Å². The molecule has 190 valence electrons. The molecule has 0 fully saturated rings. The van der Waals surface area contributed by atoms with E-state index in [1.807, 2.05) is 23.7 Å². The first-order chi connectivity index (χ1) is 17.4. The Kier molecular flexibility index (Phi) is 8.28. The minimum Gasteiger partial charge on any atom is -0.383 e. The lowest BCUT2D eigenvalue weighted by Gasteiger charge is -2.31. The molecule has 36 heavy (non-hydrogen) atoms. The molecule has 0 spiro atoms. The van der Waals surface area contributed by atoms with Crippen molar-refractivity contribution in [2.75, 3.05) is 13.7 Å². The molecule has 4 rings (SSSR count). The van der Waals surface area contributed by atoms with Gasteiger partial charge in [0.15, 0.2) is 5.82 Å². The summed E-state index contributed by atoms with van der Waals surface area (Å²) in [7, 11) is 1.67. The maximum atomic E-state index is 13.2. The number of pyridine rings is 1. The average Bonchev–Trinajstić information content (AvgIpc) is 3.31. The van der Waals surface area contributed by atoms with Gasteiger partial charge in [-0.3, -0.25) is 9.69 Å². The number of fused-ring (bicyclic) bond motifs is 1. The zero-order valence-corrected chi connectivity index (χ0v) is 21.9. The van der Waals surface area contributed by atoms with Gasteiger partial charge in [-0.05, 0) is 66.4 Å². The monoisotopic (exact) mass is 488 g/mol. The van der Waals surface area contributed by atoms with E-state index in [0.717, 1.165) is 46.3 Å². The summed E-state index contributed by atoms with van der Waals surface area (Å²) in [6, 6.07) is 14.7. The number of methoxy groups -OCH3 is 1. The summed E-state index contributed by atoms with van der Waals surface area (Å²) in [6.45, 7) is 10.6. The molecular weight excluding hydrogens is 452 g/mol. The molecule has 0 saturated carbocycles. The quantitative estimate of drug-likeness (QED) is 0.331. The Morgan fingerprint density at radius 2 is 1.83 bits per heavy atom. The van der Waals surface area contributed by atoms with Crippen LogP contribution in [-0.4, -0.2) is 43.8 Å². The Hall–Kier alpha value is -3.36. The highest BCUT2D eigenvalue weighted by atomic mass is 16.5. The van der Waals surface area contributed by atoms with Gasteiger partial charge in [-0.15, -0.1) is 5.10 Å². The van der Waals surface area contributed by atoms with E-state index in [1.54, 1.807) is 7.11 Å². The zero-order valence-electron chi connectivity index (χ0n) is 21.9. The second-order valence-electron chi connectivity index (χ2n) is 9.61. The molecule has 0 aliphatic rings. The number of hydrogen-bond donors (Lipinski definition) is 1. The fourth-order valence-corrected chi connectivity index (χ4v) is 4.79. The first kappa shape index (κ1) is 25.7. The van der Waals surface area contributed by atoms with Gasteiger partial charge in [0, 0.05) is 36.7 Å². The third-order valence-corrected chi connectivity index (χ3v) is 6.64. The fourth-order valence-electron chi connectivity index (χ4n) is 4.79. The van der Waals surface area contributed by atoms with Crippen molar-refractivity contribution < 1.29 is 4.74 Å². The van der Waals surface area contributed by atoms with Gasteiger partial charge in [0.2, 0.25) is 0 Å². The summed E-state index contributed by atoms with van der Waals surface area (Å²) in [4.78, 5) is 18.7. The van der Waals surface area contributed by atoms with Crippen LogP contribution in [0.25, 0.3) is 10.9 Å². The standard InChI is InChI=1S/C28H36N6O2/c1-6-7-26(27-30-31-32-34(27)12-13-36-5)33(17-22-10-8-19(2)9-11-22)18-23-16-24-21(4)14-20(3)15-25(24)29-28(23)35/h8-11,14-16,26H,6-7,12-13,17-18H2,1-5H3,(H,29,35)/t26-/m1/s1. The van der Waals surface area contributed by atoms with Crippen molar-refractivity contribution in [1.82, 2.24) is 30.1 Å². The van der Waals surface area contributed by atoms with E-state index in [9.17, 15) is 4.79 Å². The molecule has 2 aromatic heterocycles. The van der Waals surface area contributed by atoms with Crippen molar-refractivity contribution in [3.63, 3.8) is 0 Å². The van der Waals surface area contributed by atoms with Crippen LogP contribution in [0.3, 0.4) is 0 Å². The molecule has 0 aliphatic carbocycles. The van der Waals surface area contributed by atoms with Gasteiger partial charge < -0.3 is 9.72 Å². The zero-order chi connectivity index (χ0) is 25.7. The number of ether oxygens (including phenoxy) is 1. The fraction of sp³-hybridized carbons (Fsp3) is 0.429. The molecule has 4 aromatic rings. The number of tetrazole rings is 1. The van der Waals surface area contributed by atoms with Crippen molar-refractivity contribution in [1.29, 1.82) is 0 Å². The van der Waals surface area contributed by atoms with Gasteiger partial charge in [-0.25, -0.2) is 4.68 Å². The molecule has 8 heteroatoms. The van der Waals surface area contributed by atoms with Gasteiger partial charge in [0.25, 0.3) is 5.56 Å². The van der Waals surface area contributed by atoms with Gasteiger partial charge in [0.05, 0.1) is 19.2 Å². The SMILES string of the molecule is CCC[C@H](c1nnnn1CCOC)N(Cc1ccc(C)cc1)Cc1cc2c(C)cc(C)cc2[nH]c1=O. The predicted octanol–water partition coefficient (Wildman–Crippen LogP) is 4.63. The molecule has 1 N–H and O–H groups in total. The first-order valence-electron chi connectivity index (χ1n) is 12.6. The molecule has 0 amide bonds. The largest absolute Gasteiger partial charge is 0.383 e. The summed E-state index contributed by atoms with van der Waals surface area (Å²) in [5, 5.41) is 13.7. The molecule has 0 unspecified atom stereocenters. The maximum Gasteiger partial charge on any atom is 0.252 e. The lowest BCUT2D eigenvalue weighted by Crippen LogP contribution is -2.33. The lowest BCUT2D eigenvalue weighted by molar-refractivity contribution is 0.147. The number of aryl methyl sites for hydroxylation is 3. The molecular formula is C28H36N6O2. The molecule has 8 nitrogen and oxygen atoms in total. The van der Waals surface area contributed by atoms with Crippen LogP contribution >= 0.6 is 0 Å². The number of H-pyrrole nitrogens is 1. The Balaban J connectivity index is 1.76. The Morgan fingerprint density at radius 1 is 1.06 bits per heavy atom. The number of hydrogen-bond acceptors (Lipinski definition) is 6. The van der Waals surface area contributed by atoms with E-state index in [1.165, 1.54) is 11.1 Å². The van der Waals surface area contributed by atoms with Gasteiger partial charge >= 0.3 is 0 Å². The second-order valence-corrected chi connectivity index (χ2v) is 9.61. The Bertz CT molecular complexity index is 1360. The highest BCUT2D eigenvalue weighted by Crippen LogP contribution is 2.28. The smallest absolute Gasteiger partial charge is 0.252 e. The van der Waals surface area contributed by atoms with Crippen molar-refractivity contribution in [2.24, 2.45) is 0 Å². The number of aromatic nitrogens is 5. The number of benzene rings is 2. The minimum atomic E-state index is -0.0596. The molecule has 1 atom stereocenters. The third-order valence-electron chi connectivity index (χ3n) is 6.64. The highest BCUT2D eigenvalue weighted by Gasteiger charge is 2.27. The summed E-state index contributed by atoms with van der Waals surface area (Å²) in [5.41, 5.74) is 6.24. The van der Waals surface area contributed by atoms with Gasteiger partial charge in [-0.2, -0.15) is 0 Å². The van der Waals surface area contributed by atoms with E-state index in [-0.39, 0.29) is 11.6 Å². The maximum absolute atomic E-state index is 13.2. The summed E-state index contributed by atoms with van der Waals surface area (Å²) < 4.78 is 7.10. The number of nitrogens with zero attached hydrogens (tertiary/aromatic N) is 5. The molecule has 0 bridgehead atoms. The van der Waals surface area contributed by atoms with Crippen LogP contribution in [0.2, 0.25) is 0 Å². The van der Waals surface area contributed by atoms with Gasteiger partial charge in [0.1, 0.15) is 0 Å². The van der Waals surface area contributed by atoms with Crippen molar-refractivity contribution >= 4 is 10.9 Å². The van der Waals surface area contributed by atoms with Crippen LogP contribution in [-0.2, 0) is 24.4 Å². The van der Waals surface area contributed by atoms with Crippen LogP contribution in [0.1, 0.15) is 59.4 Å². The van der Waals surface area contributed by atoms with Crippen molar-refractivity contribution in [3.05, 3.63) is 86.5 Å². The molecule has 0 aliphatic heterocycles. The minimum absolute atomic E-state index is 0.0580. The van der Waals surface area contributed by atoms with Crippen molar-refractivity contribution in [3.8, 4) is 0 Å². The summed E-state index contributed by atoms with van der Waals surface area (Å²) >= 11 is 0. The number of rotatable bonds is 11. The van der Waals surface area contributed by atoms with Crippen LogP contribution in [0.5, 0.6) is 0 Å². The van der Waals surface area contributed by atoms with E-state index < -0.39 is 0 Å². The molecule has 0 radical (unpaired) electrons. The van der Waals surface area contributed by atoms with E-state index in [2.05, 4.69) is 76.5 Å². The van der Waals surface area contributed by atoms with E-state index in [4.69, 9.17) is 4.74 Å². The third kappa shape index (κ3) is 5.88. The first-order valence-corrected chi connectivity index (χ1v) is 12.6. The highest BCUT2D eigenvalue weighted by molar-refractivity contribution is 5.83. The van der Waals surface area contributed by atoms with Gasteiger partial charge in [-0.1, -0.05) is 49.2 Å². The van der Waals surface area contributed by atoms with Crippen LogP contribution in [0.4, 0.5) is 0 Å². The normalized spacial score (nSPS) is 12.5. The molecule has 0 saturated heterocycles. The Labute approximate surface area is 212 Å².